The molecule has 2 aromatic carbocycles. The smallest absolute Gasteiger partial charge is 0.287 e. The normalized spacial score (nSPS) is 16.7. The van der Waals surface area contributed by atoms with Crippen LogP contribution in [0, 0.1) is 0 Å². The molecule has 1 aliphatic rings. The zero-order chi connectivity index (χ0) is 16.8. The minimum absolute atomic E-state index is 0.156. The van der Waals surface area contributed by atoms with E-state index in [1.54, 1.807) is 6.92 Å². The van der Waals surface area contributed by atoms with Crippen LogP contribution in [0.3, 0.4) is 0 Å². The first-order valence-corrected chi connectivity index (χ1v) is 9.83. The third-order valence-electron chi connectivity index (χ3n) is 4.06. The second-order valence-electron chi connectivity index (χ2n) is 5.84. The Hall–Kier alpha value is -1.45. The maximum Gasteiger partial charge on any atom is 0.475 e. The van der Waals surface area contributed by atoms with Crippen LogP contribution in [0.1, 0.15) is 23.6 Å². The van der Waals surface area contributed by atoms with E-state index in [-0.39, 0.29) is 6.10 Å². The summed E-state index contributed by atoms with van der Waals surface area (Å²) in [4.78, 5) is 0. The lowest BCUT2D eigenvalue weighted by Gasteiger charge is -2.21. The van der Waals surface area contributed by atoms with Crippen LogP contribution in [0.15, 0.2) is 54.6 Å². The highest BCUT2D eigenvalue weighted by atomic mass is 31.2. The molecule has 0 heterocycles. The number of hydrogen-bond donors (Lipinski definition) is 0. The molecule has 5 heteroatoms. The maximum absolute atomic E-state index is 12.8. The van der Waals surface area contributed by atoms with Crippen molar-refractivity contribution >= 4 is 7.82 Å². The molecule has 0 spiro atoms. The Morgan fingerprint density at radius 2 is 1.58 bits per heavy atom. The van der Waals surface area contributed by atoms with Crippen molar-refractivity contribution in [1.29, 1.82) is 0 Å². The summed E-state index contributed by atoms with van der Waals surface area (Å²) < 4.78 is 29.5. The zero-order valence-electron chi connectivity index (χ0n) is 13.9. The fourth-order valence-electron chi connectivity index (χ4n) is 2.95. The molecule has 0 amide bonds. The summed E-state index contributed by atoms with van der Waals surface area (Å²) in [5, 5.41) is 0. The van der Waals surface area contributed by atoms with E-state index in [9.17, 15) is 4.57 Å². The molecule has 0 aliphatic heterocycles. The summed E-state index contributed by atoms with van der Waals surface area (Å²) in [6, 6.07) is 18.1. The van der Waals surface area contributed by atoms with Gasteiger partial charge in [-0.05, 0) is 42.9 Å². The molecule has 24 heavy (non-hydrogen) atoms. The molecule has 0 radical (unpaired) electrons. The molecule has 2 aromatic rings. The largest absolute Gasteiger partial charge is 0.475 e. The molecule has 0 saturated heterocycles. The van der Waals surface area contributed by atoms with E-state index in [1.165, 1.54) is 11.1 Å². The molecule has 4 nitrogen and oxygen atoms in total. The van der Waals surface area contributed by atoms with Gasteiger partial charge in [0.05, 0.1) is 19.3 Å². The minimum Gasteiger partial charge on any atom is -0.287 e. The Balaban J connectivity index is 1.56. The van der Waals surface area contributed by atoms with Crippen molar-refractivity contribution in [3.8, 4) is 0 Å². The van der Waals surface area contributed by atoms with E-state index in [0.29, 0.717) is 19.6 Å². The topological polar surface area (TPSA) is 44.8 Å². The van der Waals surface area contributed by atoms with Crippen molar-refractivity contribution in [1.82, 2.24) is 0 Å². The Labute approximate surface area is 143 Å². The first-order chi connectivity index (χ1) is 11.7. The first kappa shape index (κ1) is 17.4. The molecule has 0 fully saturated rings. The highest BCUT2D eigenvalue weighted by Gasteiger charge is 2.33. The molecule has 1 atom stereocenters. The Kier molecular flexibility index (Phi) is 5.85. The van der Waals surface area contributed by atoms with Crippen LogP contribution in [0.4, 0.5) is 0 Å². The Bertz CT molecular complexity index is 677. The van der Waals surface area contributed by atoms with Gasteiger partial charge in [0.15, 0.2) is 0 Å². The quantitative estimate of drug-likeness (QED) is 0.657. The Morgan fingerprint density at radius 3 is 2.21 bits per heavy atom. The van der Waals surface area contributed by atoms with Gasteiger partial charge in [-0.3, -0.25) is 13.6 Å². The average Bonchev–Trinajstić information content (AvgIpc) is 2.97. The van der Waals surface area contributed by atoms with Crippen LogP contribution >= 0.6 is 7.82 Å². The second-order valence-corrected chi connectivity index (χ2v) is 7.46. The van der Waals surface area contributed by atoms with Gasteiger partial charge in [0.2, 0.25) is 0 Å². The summed E-state index contributed by atoms with van der Waals surface area (Å²) >= 11 is 0. The minimum atomic E-state index is -3.53. The van der Waals surface area contributed by atoms with Gasteiger partial charge in [-0.25, -0.2) is 4.57 Å². The SMILES string of the molecule is CCOP(=O)(OCCc1ccccc1)OC1Cc2ccccc2C1. The fourth-order valence-corrected chi connectivity index (χ4v) is 4.29. The standard InChI is InChI=1S/C19H23O4P/c1-2-21-24(20,22-13-12-16-8-4-3-5-9-16)23-19-14-17-10-6-7-11-18(17)15-19/h3-11,19H,2,12-15H2,1H3. The predicted octanol–water partition coefficient (Wildman–Crippen LogP) is 4.57. The van der Waals surface area contributed by atoms with E-state index in [2.05, 4.69) is 12.1 Å². The van der Waals surface area contributed by atoms with Crippen LogP contribution in [0.2, 0.25) is 0 Å². The highest BCUT2D eigenvalue weighted by Crippen LogP contribution is 2.51. The van der Waals surface area contributed by atoms with Crippen molar-refractivity contribution in [2.75, 3.05) is 13.2 Å². The summed E-state index contributed by atoms with van der Waals surface area (Å²) in [7, 11) is -3.53. The number of benzene rings is 2. The molecule has 1 aliphatic carbocycles. The molecule has 0 N–H and O–H groups in total. The maximum atomic E-state index is 12.8. The number of phosphoric ester groups is 1. The second kappa shape index (κ2) is 8.09. The van der Waals surface area contributed by atoms with Gasteiger partial charge in [-0.2, -0.15) is 0 Å². The van der Waals surface area contributed by atoms with E-state index in [0.717, 1.165) is 18.4 Å². The molecule has 1 unspecified atom stereocenters. The van der Waals surface area contributed by atoms with Crippen LogP contribution in [-0.4, -0.2) is 19.3 Å². The first-order valence-electron chi connectivity index (χ1n) is 8.37. The lowest BCUT2D eigenvalue weighted by atomic mass is 10.1. The van der Waals surface area contributed by atoms with E-state index in [4.69, 9.17) is 13.6 Å². The van der Waals surface area contributed by atoms with E-state index in [1.807, 2.05) is 42.5 Å². The average molecular weight is 346 g/mol. The van der Waals surface area contributed by atoms with Gasteiger partial charge in [-0.1, -0.05) is 54.6 Å². The Morgan fingerprint density at radius 1 is 0.958 bits per heavy atom. The van der Waals surface area contributed by atoms with Gasteiger partial charge in [0, 0.05) is 0 Å². The monoisotopic (exact) mass is 346 g/mol. The van der Waals surface area contributed by atoms with Crippen molar-refractivity contribution in [2.45, 2.75) is 32.3 Å². The fraction of sp³-hybridized carbons (Fsp3) is 0.368. The van der Waals surface area contributed by atoms with E-state index >= 15 is 0 Å². The molecule has 128 valence electrons. The number of fused-ring (bicyclic) bond motifs is 1. The van der Waals surface area contributed by atoms with Crippen LogP contribution < -0.4 is 0 Å². The van der Waals surface area contributed by atoms with Gasteiger partial charge in [-0.15, -0.1) is 0 Å². The van der Waals surface area contributed by atoms with Gasteiger partial charge >= 0.3 is 7.82 Å². The van der Waals surface area contributed by atoms with Crippen LogP contribution in [-0.2, 0) is 37.4 Å². The summed E-state index contributed by atoms with van der Waals surface area (Å²) in [5.74, 6) is 0. The van der Waals surface area contributed by atoms with E-state index < -0.39 is 7.82 Å². The summed E-state index contributed by atoms with van der Waals surface area (Å²) in [5.41, 5.74) is 3.62. The molecule has 0 aromatic heterocycles. The predicted molar refractivity (Wildman–Crippen MR) is 94.1 cm³/mol. The van der Waals surface area contributed by atoms with Crippen molar-refractivity contribution in [3.05, 3.63) is 71.3 Å². The van der Waals surface area contributed by atoms with Crippen LogP contribution in [0.5, 0.6) is 0 Å². The molecular formula is C19H23O4P. The lowest BCUT2D eigenvalue weighted by molar-refractivity contribution is 0.0853. The molecular weight excluding hydrogens is 323 g/mol. The van der Waals surface area contributed by atoms with Crippen molar-refractivity contribution < 1.29 is 18.1 Å². The van der Waals surface area contributed by atoms with Crippen LogP contribution in [0.25, 0.3) is 0 Å². The molecule has 0 bridgehead atoms. The molecule has 0 saturated carbocycles. The van der Waals surface area contributed by atoms with Crippen molar-refractivity contribution in [3.63, 3.8) is 0 Å². The number of phosphoric acid groups is 1. The third-order valence-corrected chi connectivity index (χ3v) is 5.69. The lowest BCUT2D eigenvalue weighted by Crippen LogP contribution is -2.14. The summed E-state index contributed by atoms with van der Waals surface area (Å²) in [6.45, 7) is 2.39. The number of rotatable bonds is 8. The van der Waals surface area contributed by atoms with Gasteiger partial charge in [0.1, 0.15) is 0 Å². The van der Waals surface area contributed by atoms with Crippen molar-refractivity contribution in [2.24, 2.45) is 0 Å². The molecule has 3 rings (SSSR count). The summed E-state index contributed by atoms with van der Waals surface area (Å²) in [6.07, 6.45) is 2.01. The van der Waals surface area contributed by atoms with Gasteiger partial charge in [0.25, 0.3) is 0 Å². The number of hydrogen-bond acceptors (Lipinski definition) is 4. The highest BCUT2D eigenvalue weighted by molar-refractivity contribution is 7.48. The van der Waals surface area contributed by atoms with Gasteiger partial charge < -0.3 is 0 Å². The third kappa shape index (κ3) is 4.55. The zero-order valence-corrected chi connectivity index (χ0v) is 14.8.